The SMILES string of the molecule is CC(C)(C)OC(=O)NC1CCN(c2[nH]c(-c3ccnc(Cl)c3)cc2N)CC1. The number of anilines is 2. The molecule has 0 saturated carbocycles. The summed E-state index contributed by atoms with van der Waals surface area (Å²) in [5.74, 6) is 0.897. The van der Waals surface area contributed by atoms with Gasteiger partial charge in [-0.1, -0.05) is 11.6 Å². The Hall–Kier alpha value is -2.41. The standard InChI is InChI=1S/C19H26ClN5O2/c1-19(2,3)27-18(26)23-13-5-8-25(9-6-13)17-14(21)11-15(24-17)12-4-7-22-16(20)10-12/h4,7,10-11,13,24H,5-6,8-9,21H2,1-3H3,(H,23,26). The highest BCUT2D eigenvalue weighted by Gasteiger charge is 2.25. The molecule has 3 rings (SSSR count). The van der Waals surface area contributed by atoms with E-state index in [4.69, 9.17) is 22.1 Å². The van der Waals surface area contributed by atoms with Gasteiger partial charge in [-0.15, -0.1) is 0 Å². The van der Waals surface area contributed by atoms with Crippen LogP contribution >= 0.6 is 11.6 Å². The van der Waals surface area contributed by atoms with Crippen molar-refractivity contribution in [3.05, 3.63) is 29.5 Å². The third kappa shape index (κ3) is 5.07. The van der Waals surface area contributed by atoms with Crippen LogP contribution in [0.4, 0.5) is 16.3 Å². The maximum atomic E-state index is 11.9. The van der Waals surface area contributed by atoms with Crippen LogP contribution in [0.15, 0.2) is 24.4 Å². The van der Waals surface area contributed by atoms with E-state index in [1.807, 2.05) is 32.9 Å². The van der Waals surface area contributed by atoms with Gasteiger partial charge in [-0.25, -0.2) is 9.78 Å². The molecule has 8 heteroatoms. The normalized spacial score (nSPS) is 15.6. The van der Waals surface area contributed by atoms with Crippen LogP contribution < -0.4 is 16.0 Å². The average Bonchev–Trinajstić information content (AvgIpc) is 2.96. The first-order chi connectivity index (χ1) is 12.7. The highest BCUT2D eigenvalue weighted by molar-refractivity contribution is 6.29. The minimum absolute atomic E-state index is 0.103. The zero-order chi connectivity index (χ0) is 19.6. The Morgan fingerprint density at radius 3 is 2.70 bits per heavy atom. The lowest BCUT2D eigenvalue weighted by Gasteiger charge is -2.33. The van der Waals surface area contributed by atoms with Crippen molar-refractivity contribution in [1.82, 2.24) is 15.3 Å². The van der Waals surface area contributed by atoms with Crippen molar-refractivity contribution in [3.8, 4) is 11.3 Å². The molecule has 0 aliphatic carbocycles. The van der Waals surface area contributed by atoms with Crippen LogP contribution in [-0.2, 0) is 4.74 Å². The predicted molar refractivity (Wildman–Crippen MR) is 108 cm³/mol. The molecular weight excluding hydrogens is 366 g/mol. The van der Waals surface area contributed by atoms with E-state index in [0.29, 0.717) is 10.8 Å². The Morgan fingerprint density at radius 1 is 1.37 bits per heavy atom. The summed E-state index contributed by atoms with van der Waals surface area (Å²) in [5, 5.41) is 3.39. The summed E-state index contributed by atoms with van der Waals surface area (Å²) in [6.45, 7) is 7.16. The molecule has 1 saturated heterocycles. The van der Waals surface area contributed by atoms with Gasteiger partial charge in [0.2, 0.25) is 0 Å². The molecule has 2 aromatic rings. The summed E-state index contributed by atoms with van der Waals surface area (Å²) in [5.41, 5.74) is 8.26. The Morgan fingerprint density at radius 2 is 2.07 bits per heavy atom. The number of aromatic amines is 1. The topological polar surface area (TPSA) is 96.3 Å². The predicted octanol–water partition coefficient (Wildman–Crippen LogP) is 3.81. The van der Waals surface area contributed by atoms with Gasteiger partial charge in [0.1, 0.15) is 16.6 Å². The van der Waals surface area contributed by atoms with E-state index in [9.17, 15) is 4.79 Å². The number of halogens is 1. The van der Waals surface area contributed by atoms with Gasteiger partial charge >= 0.3 is 6.09 Å². The molecular formula is C19H26ClN5O2. The molecule has 0 bridgehead atoms. The second kappa shape index (κ2) is 7.68. The van der Waals surface area contributed by atoms with E-state index in [2.05, 4.69) is 20.2 Å². The summed E-state index contributed by atoms with van der Waals surface area (Å²) in [6.07, 6.45) is 2.96. The van der Waals surface area contributed by atoms with Gasteiger partial charge in [0, 0.05) is 36.6 Å². The minimum Gasteiger partial charge on any atom is -0.444 e. The van der Waals surface area contributed by atoms with Gasteiger partial charge in [-0.2, -0.15) is 0 Å². The molecule has 1 amide bonds. The Bertz CT molecular complexity index is 807. The largest absolute Gasteiger partial charge is 0.444 e. The molecule has 0 unspecified atom stereocenters. The van der Waals surface area contributed by atoms with Crippen molar-refractivity contribution < 1.29 is 9.53 Å². The molecule has 3 heterocycles. The van der Waals surface area contributed by atoms with E-state index in [-0.39, 0.29) is 12.1 Å². The number of nitrogens with zero attached hydrogens (tertiary/aromatic N) is 2. The van der Waals surface area contributed by atoms with Crippen LogP contribution in [0.3, 0.4) is 0 Å². The number of carbonyl (C=O) groups is 1. The number of aromatic nitrogens is 2. The number of nitrogen functional groups attached to an aromatic ring is 1. The van der Waals surface area contributed by atoms with Crippen molar-refractivity contribution in [1.29, 1.82) is 0 Å². The molecule has 0 spiro atoms. The number of hydrogen-bond donors (Lipinski definition) is 3. The van der Waals surface area contributed by atoms with Gasteiger partial charge in [0.25, 0.3) is 0 Å². The Kier molecular flexibility index (Phi) is 5.51. The fraction of sp³-hybridized carbons (Fsp3) is 0.474. The zero-order valence-corrected chi connectivity index (χ0v) is 16.6. The summed E-state index contributed by atoms with van der Waals surface area (Å²) in [6, 6.07) is 5.70. The first-order valence-electron chi connectivity index (χ1n) is 9.06. The number of nitrogens with two attached hydrogens (primary N) is 1. The van der Waals surface area contributed by atoms with Crippen LogP contribution in [0.5, 0.6) is 0 Å². The van der Waals surface area contributed by atoms with Gasteiger partial charge < -0.3 is 25.7 Å². The number of hydrogen-bond acceptors (Lipinski definition) is 5. The molecule has 7 nitrogen and oxygen atoms in total. The number of ether oxygens (including phenoxy) is 1. The number of amides is 1. The van der Waals surface area contributed by atoms with E-state index in [1.54, 1.807) is 12.3 Å². The molecule has 0 radical (unpaired) electrons. The van der Waals surface area contributed by atoms with Gasteiger partial charge in [0.05, 0.1) is 5.69 Å². The van der Waals surface area contributed by atoms with Crippen molar-refractivity contribution >= 4 is 29.2 Å². The van der Waals surface area contributed by atoms with E-state index < -0.39 is 5.60 Å². The quantitative estimate of drug-likeness (QED) is 0.691. The monoisotopic (exact) mass is 391 g/mol. The fourth-order valence-corrected chi connectivity index (χ4v) is 3.34. The Labute approximate surface area is 164 Å². The third-order valence-corrected chi connectivity index (χ3v) is 4.60. The number of carbonyl (C=O) groups excluding carboxylic acids is 1. The van der Waals surface area contributed by atoms with Gasteiger partial charge in [-0.3, -0.25) is 0 Å². The minimum atomic E-state index is -0.490. The lowest BCUT2D eigenvalue weighted by Crippen LogP contribution is -2.46. The molecule has 146 valence electrons. The number of nitrogens with one attached hydrogen (secondary N) is 2. The maximum Gasteiger partial charge on any atom is 0.407 e. The summed E-state index contributed by atoms with van der Waals surface area (Å²) in [4.78, 5) is 21.5. The van der Waals surface area contributed by atoms with Crippen LogP contribution in [0.2, 0.25) is 5.15 Å². The summed E-state index contributed by atoms with van der Waals surface area (Å²) in [7, 11) is 0. The first kappa shape index (κ1) is 19.4. The lowest BCUT2D eigenvalue weighted by molar-refractivity contribution is 0.0497. The highest BCUT2D eigenvalue weighted by atomic mass is 35.5. The third-order valence-electron chi connectivity index (χ3n) is 4.40. The number of H-pyrrole nitrogens is 1. The lowest BCUT2D eigenvalue weighted by atomic mass is 10.1. The molecule has 1 aliphatic rings. The van der Waals surface area contributed by atoms with E-state index >= 15 is 0 Å². The maximum absolute atomic E-state index is 11.9. The van der Waals surface area contributed by atoms with Crippen molar-refractivity contribution in [3.63, 3.8) is 0 Å². The molecule has 1 aliphatic heterocycles. The van der Waals surface area contributed by atoms with Crippen LogP contribution in [0, 0.1) is 0 Å². The number of alkyl carbamates (subject to hydrolysis) is 1. The molecule has 0 aromatic carbocycles. The molecule has 0 atom stereocenters. The van der Waals surface area contributed by atoms with Crippen molar-refractivity contribution in [2.45, 2.75) is 45.3 Å². The molecule has 4 N–H and O–H groups in total. The van der Waals surface area contributed by atoms with Crippen LogP contribution in [0.25, 0.3) is 11.3 Å². The highest BCUT2D eigenvalue weighted by Crippen LogP contribution is 2.31. The molecule has 1 fully saturated rings. The summed E-state index contributed by atoms with van der Waals surface area (Å²) >= 11 is 5.98. The van der Waals surface area contributed by atoms with Crippen molar-refractivity contribution in [2.24, 2.45) is 0 Å². The molecule has 2 aromatic heterocycles. The number of rotatable bonds is 3. The van der Waals surface area contributed by atoms with Crippen LogP contribution in [-0.4, -0.2) is 40.8 Å². The second-order valence-electron chi connectivity index (χ2n) is 7.76. The summed E-state index contributed by atoms with van der Waals surface area (Å²) < 4.78 is 5.33. The van der Waals surface area contributed by atoms with E-state index in [0.717, 1.165) is 43.0 Å². The average molecular weight is 392 g/mol. The molecule has 27 heavy (non-hydrogen) atoms. The number of pyridine rings is 1. The van der Waals surface area contributed by atoms with E-state index in [1.165, 1.54) is 0 Å². The fourth-order valence-electron chi connectivity index (χ4n) is 3.17. The zero-order valence-electron chi connectivity index (χ0n) is 15.9. The second-order valence-corrected chi connectivity index (χ2v) is 8.15. The van der Waals surface area contributed by atoms with Crippen molar-refractivity contribution in [2.75, 3.05) is 23.7 Å². The first-order valence-corrected chi connectivity index (χ1v) is 9.44. The van der Waals surface area contributed by atoms with Crippen LogP contribution in [0.1, 0.15) is 33.6 Å². The smallest absolute Gasteiger partial charge is 0.407 e. The number of piperidine rings is 1. The van der Waals surface area contributed by atoms with Gasteiger partial charge in [-0.05, 0) is 51.8 Å². The Balaban J connectivity index is 1.61. The van der Waals surface area contributed by atoms with Gasteiger partial charge in [0.15, 0.2) is 0 Å².